The number of guanidine groups is 1. The van der Waals surface area contributed by atoms with Gasteiger partial charge in [-0.1, -0.05) is 25.1 Å². The normalized spacial score (nSPS) is 16.9. The molecule has 134 valence electrons. The van der Waals surface area contributed by atoms with Crippen molar-refractivity contribution < 1.29 is 4.74 Å². The number of benzene rings is 1. The molecule has 1 heterocycles. The van der Waals surface area contributed by atoms with Gasteiger partial charge in [0.2, 0.25) is 0 Å². The van der Waals surface area contributed by atoms with Gasteiger partial charge in [-0.25, -0.2) is 0 Å². The number of hydrogen-bond donors (Lipinski definition) is 1. The number of rotatable bonds is 8. The minimum absolute atomic E-state index is 0.619. The van der Waals surface area contributed by atoms with Crippen LogP contribution < -0.4 is 10.1 Å². The molecule has 0 spiro atoms. The van der Waals surface area contributed by atoms with Crippen molar-refractivity contribution in [2.75, 3.05) is 53.4 Å². The van der Waals surface area contributed by atoms with E-state index < -0.39 is 0 Å². The van der Waals surface area contributed by atoms with Crippen molar-refractivity contribution in [2.24, 2.45) is 10.9 Å². The van der Waals surface area contributed by atoms with Gasteiger partial charge in [0.1, 0.15) is 12.4 Å². The van der Waals surface area contributed by atoms with Gasteiger partial charge in [-0.3, -0.25) is 4.99 Å². The van der Waals surface area contributed by atoms with E-state index in [9.17, 15) is 0 Å². The number of para-hydroxylation sites is 1. The van der Waals surface area contributed by atoms with Crippen LogP contribution in [-0.2, 0) is 0 Å². The number of aliphatic imine (C=N–C) groups is 1. The smallest absolute Gasteiger partial charge is 0.193 e. The van der Waals surface area contributed by atoms with Gasteiger partial charge >= 0.3 is 0 Å². The lowest BCUT2D eigenvalue weighted by Gasteiger charge is -2.25. The van der Waals surface area contributed by atoms with Crippen LogP contribution in [-0.4, -0.2) is 69.2 Å². The molecule has 24 heavy (non-hydrogen) atoms. The monoisotopic (exact) mass is 332 g/mol. The molecule has 0 bridgehead atoms. The molecule has 0 amide bonds. The molecule has 1 atom stereocenters. The van der Waals surface area contributed by atoms with Crippen LogP contribution in [0.2, 0.25) is 0 Å². The largest absolute Gasteiger partial charge is 0.492 e. The molecular weight excluding hydrogens is 300 g/mol. The number of likely N-dealkylation sites (N-methyl/N-ethyl adjacent to an activating group) is 1. The zero-order valence-corrected chi connectivity index (χ0v) is 15.4. The lowest BCUT2D eigenvalue weighted by molar-refractivity contribution is 0.275. The highest BCUT2D eigenvalue weighted by Crippen LogP contribution is 2.10. The summed E-state index contributed by atoms with van der Waals surface area (Å²) in [6.45, 7) is 8.39. The summed E-state index contributed by atoms with van der Waals surface area (Å²) >= 11 is 0. The van der Waals surface area contributed by atoms with Gasteiger partial charge in [0.25, 0.3) is 0 Å². The first-order chi connectivity index (χ1) is 11.7. The Morgan fingerprint density at radius 3 is 2.67 bits per heavy atom. The Labute approximate surface area is 146 Å². The van der Waals surface area contributed by atoms with Crippen molar-refractivity contribution in [1.82, 2.24) is 15.1 Å². The second-order valence-corrected chi connectivity index (χ2v) is 6.62. The predicted molar refractivity (Wildman–Crippen MR) is 101 cm³/mol. The summed E-state index contributed by atoms with van der Waals surface area (Å²) in [7, 11) is 3.89. The minimum atomic E-state index is 0.619. The highest BCUT2D eigenvalue weighted by molar-refractivity contribution is 5.79. The second kappa shape index (κ2) is 10.2. The van der Waals surface area contributed by atoms with Crippen LogP contribution in [0.1, 0.15) is 19.8 Å². The minimum Gasteiger partial charge on any atom is -0.492 e. The Morgan fingerprint density at radius 1 is 1.29 bits per heavy atom. The van der Waals surface area contributed by atoms with Gasteiger partial charge in [0.05, 0.1) is 6.54 Å². The molecule has 5 nitrogen and oxygen atoms in total. The van der Waals surface area contributed by atoms with Gasteiger partial charge < -0.3 is 19.9 Å². The average molecular weight is 332 g/mol. The molecule has 2 rings (SSSR count). The molecule has 5 heteroatoms. The molecule has 1 aromatic carbocycles. The number of likely N-dealkylation sites (tertiary alicyclic amines) is 1. The summed E-state index contributed by atoms with van der Waals surface area (Å²) in [6.07, 6.45) is 2.71. The Hall–Kier alpha value is -1.75. The van der Waals surface area contributed by atoms with E-state index >= 15 is 0 Å². The van der Waals surface area contributed by atoms with Crippen molar-refractivity contribution >= 4 is 5.96 Å². The third kappa shape index (κ3) is 6.40. The van der Waals surface area contributed by atoms with Crippen LogP contribution >= 0.6 is 0 Å². The number of ether oxygens (including phenoxy) is 1. The van der Waals surface area contributed by atoms with Crippen molar-refractivity contribution in [3.8, 4) is 5.75 Å². The van der Waals surface area contributed by atoms with Crippen molar-refractivity contribution in [2.45, 2.75) is 19.8 Å². The summed E-state index contributed by atoms with van der Waals surface area (Å²) in [6, 6.07) is 9.93. The fourth-order valence-electron chi connectivity index (χ4n) is 3.04. The molecule has 1 N–H and O–H groups in total. The standard InChI is InChI=1S/C19H32N4O/c1-17(16-23-11-7-8-12-23)15-21-19(20-2)22(3)13-14-24-18-9-5-4-6-10-18/h4-6,9-10,17H,7-8,11-16H2,1-3H3,(H,20,21). The zero-order valence-electron chi connectivity index (χ0n) is 15.4. The molecule has 0 radical (unpaired) electrons. The maximum absolute atomic E-state index is 5.75. The highest BCUT2D eigenvalue weighted by atomic mass is 16.5. The van der Waals surface area contributed by atoms with Gasteiger partial charge in [0, 0.05) is 27.2 Å². The van der Waals surface area contributed by atoms with E-state index in [1.165, 1.54) is 32.5 Å². The van der Waals surface area contributed by atoms with Crippen LogP contribution in [0, 0.1) is 5.92 Å². The maximum Gasteiger partial charge on any atom is 0.193 e. The second-order valence-electron chi connectivity index (χ2n) is 6.62. The maximum atomic E-state index is 5.75. The Kier molecular flexibility index (Phi) is 7.89. The van der Waals surface area contributed by atoms with Crippen LogP contribution in [0.15, 0.2) is 35.3 Å². The Morgan fingerprint density at radius 2 is 2.00 bits per heavy atom. The van der Waals surface area contributed by atoms with Gasteiger partial charge in [-0.15, -0.1) is 0 Å². The fraction of sp³-hybridized carbons (Fsp3) is 0.632. The summed E-state index contributed by atoms with van der Waals surface area (Å²) < 4.78 is 5.75. The molecular formula is C19H32N4O. The zero-order chi connectivity index (χ0) is 17.2. The predicted octanol–water partition coefficient (Wildman–Crippen LogP) is 2.30. The third-order valence-electron chi connectivity index (χ3n) is 4.39. The summed E-state index contributed by atoms with van der Waals surface area (Å²) in [5.74, 6) is 2.46. The average Bonchev–Trinajstić information content (AvgIpc) is 3.09. The first kappa shape index (κ1) is 18.6. The molecule has 0 saturated carbocycles. The lowest BCUT2D eigenvalue weighted by atomic mass is 10.1. The number of nitrogens with one attached hydrogen (secondary N) is 1. The molecule has 0 aliphatic carbocycles. The van der Waals surface area contributed by atoms with Crippen molar-refractivity contribution in [1.29, 1.82) is 0 Å². The summed E-state index contributed by atoms with van der Waals surface area (Å²) in [5, 5.41) is 3.49. The van der Waals surface area contributed by atoms with Crippen molar-refractivity contribution in [3.05, 3.63) is 30.3 Å². The van der Waals surface area contributed by atoms with Gasteiger partial charge in [-0.05, 0) is 44.0 Å². The number of hydrogen-bond acceptors (Lipinski definition) is 3. The van der Waals surface area contributed by atoms with Gasteiger partial charge in [0.15, 0.2) is 5.96 Å². The Bertz CT molecular complexity index is 485. The lowest BCUT2D eigenvalue weighted by Crippen LogP contribution is -2.43. The third-order valence-corrected chi connectivity index (χ3v) is 4.39. The van der Waals surface area contributed by atoms with Crippen LogP contribution in [0.25, 0.3) is 0 Å². The molecule has 1 aromatic rings. The van der Waals surface area contributed by atoms with E-state index in [1.54, 1.807) is 0 Å². The number of nitrogens with zero attached hydrogens (tertiary/aromatic N) is 3. The van der Waals surface area contributed by atoms with Crippen LogP contribution in [0.4, 0.5) is 0 Å². The topological polar surface area (TPSA) is 40.1 Å². The van der Waals surface area contributed by atoms with Crippen LogP contribution in [0.5, 0.6) is 5.75 Å². The molecule has 1 aliphatic rings. The molecule has 0 aromatic heterocycles. The summed E-state index contributed by atoms with van der Waals surface area (Å²) in [4.78, 5) is 9.06. The highest BCUT2D eigenvalue weighted by Gasteiger charge is 2.15. The SMILES string of the molecule is CN=C(NCC(C)CN1CCCC1)N(C)CCOc1ccccc1. The van der Waals surface area contributed by atoms with E-state index in [0.29, 0.717) is 12.5 Å². The van der Waals surface area contributed by atoms with E-state index in [1.807, 2.05) is 37.4 Å². The Balaban J connectivity index is 1.66. The van der Waals surface area contributed by atoms with E-state index in [-0.39, 0.29) is 0 Å². The first-order valence-electron chi connectivity index (χ1n) is 9.01. The quantitative estimate of drug-likeness (QED) is 0.586. The fourth-order valence-corrected chi connectivity index (χ4v) is 3.04. The van der Waals surface area contributed by atoms with Gasteiger partial charge in [-0.2, -0.15) is 0 Å². The molecule has 1 saturated heterocycles. The van der Waals surface area contributed by atoms with Crippen molar-refractivity contribution in [3.63, 3.8) is 0 Å². The molecule has 1 fully saturated rings. The first-order valence-corrected chi connectivity index (χ1v) is 9.01. The van der Waals surface area contributed by atoms with E-state index in [2.05, 4.69) is 34.1 Å². The van der Waals surface area contributed by atoms with Crippen LogP contribution in [0.3, 0.4) is 0 Å². The van der Waals surface area contributed by atoms with E-state index in [0.717, 1.165) is 24.8 Å². The molecule has 1 aliphatic heterocycles. The van der Waals surface area contributed by atoms with E-state index in [4.69, 9.17) is 4.74 Å². The summed E-state index contributed by atoms with van der Waals surface area (Å²) in [5.41, 5.74) is 0. The molecule has 1 unspecified atom stereocenters.